The first-order chi connectivity index (χ1) is 7.16. The first kappa shape index (κ1) is 9.99. The Labute approximate surface area is 92.6 Å². The molecule has 0 aromatic carbocycles. The summed E-state index contributed by atoms with van der Waals surface area (Å²) in [6, 6.07) is 1.31. The molecule has 78 valence electrons. The second-order valence-corrected chi connectivity index (χ2v) is 3.98. The van der Waals surface area contributed by atoms with Crippen LogP contribution in [-0.2, 0) is 6.54 Å². The van der Waals surface area contributed by atoms with Gasteiger partial charge in [0.05, 0.1) is 17.4 Å². The third-order valence-electron chi connectivity index (χ3n) is 1.63. The minimum atomic E-state index is -0.558. The van der Waals surface area contributed by atoms with E-state index in [0.717, 1.165) is 11.5 Å². The van der Waals surface area contributed by atoms with Crippen molar-refractivity contribution in [2.45, 2.75) is 6.54 Å². The lowest BCUT2D eigenvalue weighted by atomic mass is 10.5. The van der Waals surface area contributed by atoms with Crippen LogP contribution >= 0.6 is 23.1 Å². The van der Waals surface area contributed by atoms with Crippen LogP contribution in [0, 0.1) is 10.1 Å². The minimum Gasteiger partial charge on any atom is -0.358 e. The zero-order chi connectivity index (χ0) is 10.8. The van der Waals surface area contributed by atoms with E-state index in [2.05, 4.69) is 14.7 Å². The van der Waals surface area contributed by atoms with Gasteiger partial charge in [0, 0.05) is 11.5 Å². The molecule has 2 rings (SSSR count). The van der Waals surface area contributed by atoms with Crippen molar-refractivity contribution < 1.29 is 4.92 Å². The minimum absolute atomic E-state index is 0.200. The van der Waals surface area contributed by atoms with Gasteiger partial charge in [-0.05, 0) is 4.92 Å². The molecule has 0 saturated carbocycles. The van der Waals surface area contributed by atoms with Crippen molar-refractivity contribution in [3.63, 3.8) is 0 Å². The van der Waals surface area contributed by atoms with E-state index in [1.54, 1.807) is 0 Å². The van der Waals surface area contributed by atoms with Gasteiger partial charge in [-0.2, -0.15) is 4.68 Å². The highest BCUT2D eigenvalue weighted by atomic mass is 35.5. The van der Waals surface area contributed by atoms with Crippen molar-refractivity contribution in [2.24, 2.45) is 0 Å². The fourth-order valence-corrected chi connectivity index (χ4v) is 1.59. The van der Waals surface area contributed by atoms with Gasteiger partial charge in [0.25, 0.3) is 0 Å². The zero-order valence-electron chi connectivity index (χ0n) is 7.20. The number of hydrogen-bond donors (Lipinski definition) is 0. The maximum absolute atomic E-state index is 10.4. The fourth-order valence-electron chi connectivity index (χ4n) is 0.981. The molecule has 0 fully saturated rings. The van der Waals surface area contributed by atoms with E-state index in [9.17, 15) is 10.1 Å². The van der Waals surface area contributed by atoms with Crippen molar-refractivity contribution in [1.29, 1.82) is 0 Å². The quantitative estimate of drug-likeness (QED) is 0.602. The summed E-state index contributed by atoms with van der Waals surface area (Å²) in [4.78, 5) is 9.80. The number of hydrogen-bond acceptors (Lipinski definition) is 6. The zero-order valence-corrected chi connectivity index (χ0v) is 8.77. The average molecular weight is 246 g/mol. The summed E-state index contributed by atoms with van der Waals surface area (Å²) in [5.74, 6) is -0.200. The molecule has 0 saturated heterocycles. The van der Waals surface area contributed by atoms with Crippen LogP contribution in [0.2, 0.25) is 4.34 Å². The van der Waals surface area contributed by atoms with E-state index in [4.69, 9.17) is 11.6 Å². The Balaban J connectivity index is 2.18. The summed E-state index contributed by atoms with van der Waals surface area (Å²) >= 11 is 6.84. The Bertz CT molecular complexity index is 495. The van der Waals surface area contributed by atoms with Crippen LogP contribution in [0.1, 0.15) is 5.69 Å². The summed E-state index contributed by atoms with van der Waals surface area (Å²) in [6.07, 6.45) is 1.49. The molecule has 0 atom stereocenters. The molecule has 2 aromatic heterocycles. The summed E-state index contributed by atoms with van der Waals surface area (Å²) in [5, 5.41) is 17.9. The van der Waals surface area contributed by atoms with Crippen LogP contribution < -0.4 is 0 Å². The molecular formula is C6H4ClN5O2S. The van der Waals surface area contributed by atoms with Gasteiger partial charge in [-0.3, -0.25) is 0 Å². The molecule has 0 aliphatic heterocycles. The molecule has 0 radical (unpaired) electrons. The lowest BCUT2D eigenvalue weighted by Crippen LogP contribution is -2.02. The number of nitro groups is 1. The van der Waals surface area contributed by atoms with Crippen LogP contribution in [0.25, 0.3) is 0 Å². The number of halogens is 1. The van der Waals surface area contributed by atoms with E-state index in [-0.39, 0.29) is 12.4 Å². The average Bonchev–Trinajstić information content (AvgIpc) is 2.77. The predicted molar refractivity (Wildman–Crippen MR) is 52.9 cm³/mol. The molecule has 9 heteroatoms. The van der Waals surface area contributed by atoms with Gasteiger partial charge in [-0.25, -0.2) is 0 Å². The SMILES string of the molecule is O=[N+]([O-])c1ccn(Cc2nnsc2Cl)n1. The lowest BCUT2D eigenvalue weighted by molar-refractivity contribution is -0.389. The molecule has 2 aromatic rings. The smallest absolute Gasteiger partial charge is 0.358 e. The van der Waals surface area contributed by atoms with Crippen molar-refractivity contribution in [3.05, 3.63) is 32.4 Å². The Hall–Kier alpha value is -1.54. The third-order valence-corrected chi connectivity index (χ3v) is 2.62. The molecule has 0 aliphatic carbocycles. The van der Waals surface area contributed by atoms with Gasteiger partial charge in [0.2, 0.25) is 0 Å². The summed E-state index contributed by atoms with van der Waals surface area (Å²) in [7, 11) is 0. The van der Waals surface area contributed by atoms with Crippen LogP contribution in [-0.4, -0.2) is 24.3 Å². The Kier molecular flexibility index (Phi) is 2.60. The van der Waals surface area contributed by atoms with Gasteiger partial charge >= 0.3 is 5.82 Å². The third kappa shape index (κ3) is 2.10. The molecule has 0 N–H and O–H groups in total. The monoisotopic (exact) mass is 245 g/mol. The molecule has 0 amide bonds. The maximum Gasteiger partial charge on any atom is 0.389 e. The first-order valence-electron chi connectivity index (χ1n) is 3.81. The second kappa shape index (κ2) is 3.91. The molecule has 0 unspecified atom stereocenters. The van der Waals surface area contributed by atoms with Crippen molar-refractivity contribution in [2.75, 3.05) is 0 Å². The molecule has 0 aliphatic rings. The summed E-state index contributed by atoms with van der Waals surface area (Å²) in [5.41, 5.74) is 0.555. The van der Waals surface area contributed by atoms with E-state index >= 15 is 0 Å². The van der Waals surface area contributed by atoms with E-state index < -0.39 is 4.92 Å². The van der Waals surface area contributed by atoms with Crippen LogP contribution in [0.5, 0.6) is 0 Å². The van der Waals surface area contributed by atoms with E-state index in [1.807, 2.05) is 0 Å². The number of nitrogens with zero attached hydrogens (tertiary/aromatic N) is 5. The predicted octanol–water partition coefficient (Wildman–Crippen LogP) is 1.34. The summed E-state index contributed by atoms with van der Waals surface area (Å²) in [6.45, 7) is 0.281. The topological polar surface area (TPSA) is 86.7 Å². The normalized spacial score (nSPS) is 10.5. The van der Waals surface area contributed by atoms with Crippen molar-refractivity contribution >= 4 is 29.0 Å². The first-order valence-corrected chi connectivity index (χ1v) is 4.96. The highest BCUT2D eigenvalue weighted by Crippen LogP contribution is 2.18. The Morgan fingerprint density at radius 3 is 3.00 bits per heavy atom. The van der Waals surface area contributed by atoms with Crippen LogP contribution in [0.15, 0.2) is 12.3 Å². The van der Waals surface area contributed by atoms with Gasteiger partial charge in [-0.1, -0.05) is 16.1 Å². The van der Waals surface area contributed by atoms with E-state index in [1.165, 1.54) is 16.9 Å². The standard InChI is InChI=1S/C6H4ClN5O2S/c7-6-4(8-10-15-6)3-11-2-1-5(9-11)12(13)14/h1-2H,3H2. The van der Waals surface area contributed by atoms with Gasteiger partial charge in [-0.15, -0.1) is 5.10 Å². The molecule has 7 nitrogen and oxygen atoms in total. The van der Waals surface area contributed by atoms with Gasteiger partial charge in [0.1, 0.15) is 16.6 Å². The highest BCUT2D eigenvalue weighted by Gasteiger charge is 2.13. The van der Waals surface area contributed by atoms with Crippen molar-refractivity contribution in [3.8, 4) is 0 Å². The van der Waals surface area contributed by atoms with Crippen LogP contribution in [0.3, 0.4) is 0 Å². The molecule has 0 spiro atoms. The molecular weight excluding hydrogens is 242 g/mol. The second-order valence-electron chi connectivity index (χ2n) is 2.62. The Morgan fingerprint density at radius 2 is 2.47 bits per heavy atom. The van der Waals surface area contributed by atoms with E-state index in [0.29, 0.717) is 10.0 Å². The van der Waals surface area contributed by atoms with Gasteiger partial charge < -0.3 is 10.1 Å². The Morgan fingerprint density at radius 1 is 1.67 bits per heavy atom. The molecule has 2 heterocycles. The van der Waals surface area contributed by atoms with Crippen LogP contribution in [0.4, 0.5) is 5.82 Å². The molecule has 15 heavy (non-hydrogen) atoms. The molecule has 0 bridgehead atoms. The lowest BCUT2D eigenvalue weighted by Gasteiger charge is -1.91. The largest absolute Gasteiger partial charge is 0.389 e. The highest BCUT2D eigenvalue weighted by molar-refractivity contribution is 7.10. The van der Waals surface area contributed by atoms with Crippen molar-refractivity contribution in [1.82, 2.24) is 19.4 Å². The maximum atomic E-state index is 10.4. The number of aromatic nitrogens is 4. The van der Waals surface area contributed by atoms with Gasteiger partial charge in [0.15, 0.2) is 0 Å². The number of rotatable bonds is 3. The fraction of sp³-hybridized carbons (Fsp3) is 0.167. The summed E-state index contributed by atoms with van der Waals surface area (Å²) < 4.78 is 5.50.